The molecule has 0 aliphatic heterocycles. The minimum Gasteiger partial charge on any atom is -0.465 e. The predicted molar refractivity (Wildman–Crippen MR) is 107 cm³/mol. The summed E-state index contributed by atoms with van der Waals surface area (Å²) in [6, 6.07) is 8.01. The van der Waals surface area contributed by atoms with Crippen LogP contribution in [0.1, 0.15) is 50.1 Å². The number of methoxy groups -OCH3 is 1. The molecule has 6 nitrogen and oxygen atoms in total. The Morgan fingerprint density at radius 1 is 1.30 bits per heavy atom. The first-order valence-corrected chi connectivity index (χ1v) is 9.51. The van der Waals surface area contributed by atoms with Crippen LogP contribution in [0.25, 0.3) is 10.2 Å². The molecule has 1 N–H and O–H groups in total. The van der Waals surface area contributed by atoms with E-state index in [1.54, 1.807) is 25.2 Å². The van der Waals surface area contributed by atoms with Crippen molar-refractivity contribution in [1.29, 1.82) is 0 Å². The number of esters is 1. The van der Waals surface area contributed by atoms with Gasteiger partial charge in [0.2, 0.25) is 0 Å². The predicted octanol–water partition coefficient (Wildman–Crippen LogP) is 3.90. The number of likely N-dealkylation sites (N-methyl/N-ethyl adjacent to an activating group) is 1. The van der Waals surface area contributed by atoms with Crippen LogP contribution in [0.2, 0.25) is 0 Å². The lowest BCUT2D eigenvalue weighted by Gasteiger charge is -2.22. The number of benzene rings is 1. The lowest BCUT2D eigenvalue weighted by molar-refractivity contribution is 0.0599. The summed E-state index contributed by atoms with van der Waals surface area (Å²) in [6.07, 6.45) is 0. The number of nitrogens with one attached hydrogen (secondary N) is 1. The Kier molecular flexibility index (Phi) is 5.43. The van der Waals surface area contributed by atoms with E-state index in [0.29, 0.717) is 22.5 Å². The highest BCUT2D eigenvalue weighted by molar-refractivity contribution is 7.18. The Morgan fingerprint density at radius 3 is 2.67 bits per heavy atom. The number of fused-ring (bicyclic) bond motifs is 1. The van der Waals surface area contributed by atoms with Crippen LogP contribution in [0.5, 0.6) is 0 Å². The van der Waals surface area contributed by atoms with Crippen molar-refractivity contribution in [3.63, 3.8) is 0 Å². The van der Waals surface area contributed by atoms with Gasteiger partial charge < -0.3 is 9.72 Å². The smallest absolute Gasteiger partial charge is 0.339 e. The highest BCUT2D eigenvalue weighted by Crippen LogP contribution is 2.29. The van der Waals surface area contributed by atoms with Gasteiger partial charge in [0.25, 0.3) is 0 Å². The topological polar surface area (TPSA) is 75.3 Å². The number of aryl methyl sites for hydroxylation is 1. The Labute approximate surface area is 162 Å². The fourth-order valence-electron chi connectivity index (χ4n) is 3.14. The van der Waals surface area contributed by atoms with Crippen molar-refractivity contribution in [2.75, 3.05) is 20.7 Å². The van der Waals surface area contributed by atoms with Crippen LogP contribution in [-0.4, -0.2) is 47.3 Å². The number of carbonyl (C=O) groups is 2. The van der Waals surface area contributed by atoms with Gasteiger partial charge in [0, 0.05) is 5.69 Å². The second-order valence-corrected chi connectivity index (χ2v) is 7.71. The molecule has 0 radical (unpaired) electrons. The molecular weight excluding hydrogens is 362 g/mol. The number of carbonyl (C=O) groups excluding carboxylic acids is 2. The maximum absolute atomic E-state index is 12.8. The number of hydrogen-bond donors (Lipinski definition) is 1. The van der Waals surface area contributed by atoms with Gasteiger partial charge in [0.15, 0.2) is 5.78 Å². The number of aromatic nitrogens is 2. The molecule has 0 bridgehead atoms. The van der Waals surface area contributed by atoms with E-state index in [4.69, 9.17) is 4.74 Å². The van der Waals surface area contributed by atoms with Gasteiger partial charge in [-0.05, 0) is 45.5 Å². The molecule has 0 unspecified atom stereocenters. The SMILES string of the molecule is COC(=O)c1c(C)[nH]c(C(=O)CN(C)[C@@H](C)c2nc3ccccc3s2)c1C. The molecule has 0 saturated heterocycles. The minimum absolute atomic E-state index is 0.00259. The molecule has 3 aromatic rings. The number of H-pyrrole nitrogens is 1. The zero-order valence-electron chi connectivity index (χ0n) is 16.1. The summed E-state index contributed by atoms with van der Waals surface area (Å²) >= 11 is 1.64. The summed E-state index contributed by atoms with van der Waals surface area (Å²) in [6.45, 7) is 5.79. The summed E-state index contributed by atoms with van der Waals surface area (Å²) in [4.78, 5) is 34.4. The highest BCUT2D eigenvalue weighted by atomic mass is 32.1. The quantitative estimate of drug-likeness (QED) is 0.514. The van der Waals surface area contributed by atoms with Gasteiger partial charge in [-0.3, -0.25) is 9.69 Å². The van der Waals surface area contributed by atoms with Crippen molar-refractivity contribution in [2.45, 2.75) is 26.8 Å². The summed E-state index contributed by atoms with van der Waals surface area (Å²) in [5, 5.41) is 0.973. The van der Waals surface area contributed by atoms with Gasteiger partial charge >= 0.3 is 5.97 Å². The van der Waals surface area contributed by atoms with Crippen molar-refractivity contribution < 1.29 is 14.3 Å². The van der Waals surface area contributed by atoms with Gasteiger partial charge in [0.1, 0.15) is 5.01 Å². The third-order valence-corrected chi connectivity index (χ3v) is 6.03. The first-order valence-electron chi connectivity index (χ1n) is 8.69. The van der Waals surface area contributed by atoms with E-state index in [1.807, 2.05) is 43.1 Å². The number of para-hydroxylation sites is 1. The summed E-state index contributed by atoms with van der Waals surface area (Å²) < 4.78 is 5.95. The van der Waals surface area contributed by atoms with Crippen molar-refractivity contribution in [3.05, 3.63) is 51.8 Å². The zero-order valence-corrected chi connectivity index (χ0v) is 16.9. The fraction of sp³-hybridized carbons (Fsp3) is 0.350. The Hall–Kier alpha value is -2.51. The Balaban J connectivity index is 1.78. The van der Waals surface area contributed by atoms with Crippen LogP contribution in [0, 0.1) is 13.8 Å². The number of thiazole rings is 1. The second-order valence-electron chi connectivity index (χ2n) is 6.65. The molecule has 0 spiro atoms. The molecule has 3 rings (SSSR count). The molecule has 1 atom stereocenters. The first kappa shape index (κ1) is 19.3. The third-order valence-electron chi connectivity index (χ3n) is 4.83. The van der Waals surface area contributed by atoms with Crippen molar-refractivity contribution in [2.24, 2.45) is 0 Å². The maximum Gasteiger partial charge on any atom is 0.339 e. The number of rotatable bonds is 6. The molecule has 0 amide bonds. The number of hydrogen-bond acceptors (Lipinski definition) is 6. The molecule has 142 valence electrons. The van der Waals surface area contributed by atoms with Gasteiger partial charge in [-0.2, -0.15) is 0 Å². The van der Waals surface area contributed by atoms with E-state index < -0.39 is 5.97 Å². The molecule has 7 heteroatoms. The van der Waals surface area contributed by atoms with Crippen LogP contribution >= 0.6 is 11.3 Å². The van der Waals surface area contributed by atoms with E-state index in [-0.39, 0.29) is 18.4 Å². The average Bonchev–Trinajstić information content (AvgIpc) is 3.21. The van der Waals surface area contributed by atoms with Crippen molar-refractivity contribution in [3.8, 4) is 0 Å². The van der Waals surface area contributed by atoms with Gasteiger partial charge in [-0.25, -0.2) is 9.78 Å². The van der Waals surface area contributed by atoms with E-state index in [0.717, 1.165) is 15.2 Å². The molecule has 0 saturated carbocycles. The van der Waals surface area contributed by atoms with E-state index >= 15 is 0 Å². The first-order chi connectivity index (χ1) is 12.8. The molecule has 27 heavy (non-hydrogen) atoms. The average molecular weight is 385 g/mol. The largest absolute Gasteiger partial charge is 0.465 e. The molecule has 0 aliphatic carbocycles. The van der Waals surface area contributed by atoms with Gasteiger partial charge in [-0.15, -0.1) is 11.3 Å². The van der Waals surface area contributed by atoms with Crippen LogP contribution in [-0.2, 0) is 4.74 Å². The van der Waals surface area contributed by atoms with E-state index in [2.05, 4.69) is 9.97 Å². The van der Waals surface area contributed by atoms with Crippen LogP contribution in [0.15, 0.2) is 24.3 Å². The number of ketones is 1. The Morgan fingerprint density at radius 2 is 2.00 bits per heavy atom. The van der Waals surface area contributed by atoms with Gasteiger partial charge in [-0.1, -0.05) is 12.1 Å². The second kappa shape index (κ2) is 7.62. The standard InChI is InChI=1S/C20H23N3O3S/c1-11-17(20(25)26-5)12(2)21-18(11)15(24)10-23(4)13(3)19-22-14-8-6-7-9-16(14)27-19/h6-9,13,21H,10H2,1-5H3/t13-/m0/s1. The van der Waals surface area contributed by atoms with E-state index in [1.165, 1.54) is 7.11 Å². The van der Waals surface area contributed by atoms with Crippen LogP contribution in [0.4, 0.5) is 0 Å². The number of aromatic amines is 1. The number of ether oxygens (including phenoxy) is 1. The van der Waals surface area contributed by atoms with Crippen LogP contribution < -0.4 is 0 Å². The molecule has 2 aromatic heterocycles. The molecule has 2 heterocycles. The Bertz CT molecular complexity index is 972. The number of nitrogens with zero attached hydrogens (tertiary/aromatic N) is 2. The normalized spacial score (nSPS) is 12.5. The molecular formula is C20H23N3O3S. The summed E-state index contributed by atoms with van der Waals surface area (Å²) in [5.41, 5.74) is 3.14. The number of Topliss-reactive ketones (excluding diaryl/α,β-unsaturated/α-hetero) is 1. The third kappa shape index (κ3) is 3.65. The summed E-state index contributed by atoms with van der Waals surface area (Å²) in [5.74, 6) is -0.502. The molecule has 0 fully saturated rings. The van der Waals surface area contributed by atoms with E-state index in [9.17, 15) is 9.59 Å². The van der Waals surface area contributed by atoms with Crippen molar-refractivity contribution >= 4 is 33.3 Å². The molecule has 0 aliphatic rings. The monoisotopic (exact) mass is 385 g/mol. The van der Waals surface area contributed by atoms with Gasteiger partial charge in [0.05, 0.1) is 41.2 Å². The maximum atomic E-state index is 12.8. The van der Waals surface area contributed by atoms with Crippen molar-refractivity contribution in [1.82, 2.24) is 14.9 Å². The van der Waals surface area contributed by atoms with Crippen LogP contribution in [0.3, 0.4) is 0 Å². The highest BCUT2D eigenvalue weighted by Gasteiger charge is 2.25. The lowest BCUT2D eigenvalue weighted by Crippen LogP contribution is -2.29. The lowest BCUT2D eigenvalue weighted by atomic mass is 10.1. The minimum atomic E-state index is -0.434. The fourth-order valence-corrected chi connectivity index (χ4v) is 4.22. The summed E-state index contributed by atoms with van der Waals surface area (Å²) in [7, 11) is 3.24. The zero-order chi connectivity index (χ0) is 19.7. The molecule has 1 aromatic carbocycles.